The van der Waals surface area contributed by atoms with Gasteiger partial charge in [-0.15, -0.1) is 0 Å². The van der Waals surface area contributed by atoms with Crippen LogP contribution in [0.3, 0.4) is 0 Å². The minimum absolute atomic E-state index is 0.753. The molecule has 0 N–H and O–H groups in total. The lowest BCUT2D eigenvalue weighted by molar-refractivity contribution is 0.468. The summed E-state index contributed by atoms with van der Waals surface area (Å²) in [6.07, 6.45) is 6.81. The summed E-state index contributed by atoms with van der Waals surface area (Å²) in [7, 11) is 0. The fraction of sp³-hybridized carbons (Fsp3) is 0.538. The molecule has 1 aromatic carbocycles. The van der Waals surface area contributed by atoms with E-state index in [-0.39, 0.29) is 0 Å². The van der Waals surface area contributed by atoms with E-state index >= 15 is 0 Å². The van der Waals surface area contributed by atoms with Crippen LogP contribution in [-0.2, 0) is 0 Å². The molecule has 0 radical (unpaired) electrons. The van der Waals surface area contributed by atoms with E-state index in [0.717, 1.165) is 17.1 Å². The van der Waals surface area contributed by atoms with Crippen molar-refractivity contribution in [1.29, 1.82) is 0 Å². The maximum Gasteiger partial charge on any atom is 0.0639 e. The lowest BCUT2D eigenvalue weighted by Crippen LogP contribution is -2.39. The number of anilines is 1. The number of halogens is 1. The number of para-hydroxylation sites is 1. The molecule has 0 saturated carbocycles. The number of benzene rings is 1. The second-order valence-corrected chi connectivity index (χ2v) is 5.08. The van der Waals surface area contributed by atoms with E-state index in [1.807, 2.05) is 12.1 Å². The molecule has 2 saturated heterocycles. The number of piperidine rings is 1. The summed E-state index contributed by atoms with van der Waals surface area (Å²) in [4.78, 5) is 2.58. The molecule has 2 unspecified atom stereocenters. The third-order valence-electron chi connectivity index (χ3n) is 3.83. The smallest absolute Gasteiger partial charge is 0.0639 e. The fourth-order valence-electron chi connectivity index (χ4n) is 3.17. The van der Waals surface area contributed by atoms with Crippen LogP contribution in [-0.4, -0.2) is 12.1 Å². The number of nitrogens with zero attached hydrogens (tertiary/aromatic N) is 1. The van der Waals surface area contributed by atoms with Crippen LogP contribution in [0.5, 0.6) is 0 Å². The van der Waals surface area contributed by atoms with E-state index in [9.17, 15) is 0 Å². The molecule has 1 aromatic rings. The number of hydrogen-bond acceptors (Lipinski definition) is 1. The second kappa shape index (κ2) is 3.71. The van der Waals surface area contributed by atoms with Crippen LogP contribution in [0.25, 0.3) is 0 Å². The summed E-state index contributed by atoms with van der Waals surface area (Å²) in [5, 5.41) is 0.913. The van der Waals surface area contributed by atoms with Crippen LogP contribution in [0, 0.1) is 0 Å². The van der Waals surface area contributed by atoms with Crippen molar-refractivity contribution < 1.29 is 0 Å². The van der Waals surface area contributed by atoms with Crippen molar-refractivity contribution in [1.82, 2.24) is 0 Å². The van der Waals surface area contributed by atoms with E-state index < -0.39 is 0 Å². The third-order valence-corrected chi connectivity index (χ3v) is 4.14. The van der Waals surface area contributed by atoms with Gasteiger partial charge in [0.15, 0.2) is 0 Å². The number of hydrogen-bond donors (Lipinski definition) is 0. The van der Waals surface area contributed by atoms with Crippen LogP contribution in [0.4, 0.5) is 5.69 Å². The Hall–Kier alpha value is -0.690. The summed E-state index contributed by atoms with van der Waals surface area (Å²) < 4.78 is 0. The molecular weight excluding hydrogens is 206 g/mol. The van der Waals surface area contributed by atoms with E-state index in [1.54, 1.807) is 0 Å². The van der Waals surface area contributed by atoms with Crippen molar-refractivity contribution in [2.75, 3.05) is 4.90 Å². The first-order valence-corrected chi connectivity index (χ1v) is 6.27. The van der Waals surface area contributed by atoms with Crippen molar-refractivity contribution in [2.24, 2.45) is 0 Å². The van der Waals surface area contributed by atoms with Gasteiger partial charge in [0, 0.05) is 12.1 Å². The van der Waals surface area contributed by atoms with Gasteiger partial charge in [0.2, 0.25) is 0 Å². The quantitative estimate of drug-likeness (QED) is 0.696. The normalized spacial score (nSPS) is 29.5. The molecule has 0 aromatic heterocycles. The van der Waals surface area contributed by atoms with Gasteiger partial charge in [-0.25, -0.2) is 0 Å². The van der Waals surface area contributed by atoms with Crippen molar-refractivity contribution in [3.05, 3.63) is 29.3 Å². The predicted octanol–water partition coefficient (Wildman–Crippen LogP) is 3.86. The highest BCUT2D eigenvalue weighted by molar-refractivity contribution is 6.33. The van der Waals surface area contributed by atoms with Crippen molar-refractivity contribution in [3.8, 4) is 0 Å². The van der Waals surface area contributed by atoms with E-state index in [2.05, 4.69) is 17.0 Å². The number of rotatable bonds is 1. The topological polar surface area (TPSA) is 3.24 Å². The largest absolute Gasteiger partial charge is 0.364 e. The zero-order chi connectivity index (χ0) is 10.3. The summed E-state index contributed by atoms with van der Waals surface area (Å²) in [5.74, 6) is 0. The zero-order valence-electron chi connectivity index (χ0n) is 8.82. The van der Waals surface area contributed by atoms with Crippen molar-refractivity contribution >= 4 is 17.3 Å². The maximum atomic E-state index is 6.27. The molecule has 2 aliphatic heterocycles. The highest BCUT2D eigenvalue weighted by atomic mass is 35.5. The summed E-state index contributed by atoms with van der Waals surface area (Å²) in [5.41, 5.74) is 1.26. The van der Waals surface area contributed by atoms with Gasteiger partial charge in [0.1, 0.15) is 0 Å². The van der Waals surface area contributed by atoms with E-state index in [4.69, 9.17) is 11.6 Å². The first-order valence-electron chi connectivity index (χ1n) is 5.89. The van der Waals surface area contributed by atoms with Crippen molar-refractivity contribution in [3.63, 3.8) is 0 Å². The molecule has 2 bridgehead atoms. The summed E-state index contributed by atoms with van der Waals surface area (Å²) in [6.45, 7) is 0. The number of fused-ring (bicyclic) bond motifs is 2. The Kier molecular flexibility index (Phi) is 2.36. The molecule has 2 atom stereocenters. The molecular formula is C13H16ClN. The Morgan fingerprint density at radius 1 is 1.00 bits per heavy atom. The molecule has 0 amide bonds. The SMILES string of the molecule is Clc1ccccc1N1C2CCCC1CC2. The standard InChI is InChI=1S/C13H16ClN/c14-12-6-1-2-7-13(12)15-10-4-3-5-11(15)9-8-10/h1-2,6-7,10-11H,3-5,8-9H2. The van der Waals surface area contributed by atoms with Crippen LogP contribution in [0.15, 0.2) is 24.3 Å². The molecule has 15 heavy (non-hydrogen) atoms. The molecule has 80 valence electrons. The minimum atomic E-state index is 0.753. The maximum absolute atomic E-state index is 6.27. The Morgan fingerprint density at radius 3 is 2.33 bits per heavy atom. The Bertz CT molecular complexity index is 347. The first kappa shape index (κ1) is 9.53. The van der Waals surface area contributed by atoms with Gasteiger partial charge in [0.25, 0.3) is 0 Å². The monoisotopic (exact) mass is 221 g/mol. The van der Waals surface area contributed by atoms with Gasteiger partial charge in [-0.3, -0.25) is 0 Å². The van der Waals surface area contributed by atoms with Gasteiger partial charge in [-0.1, -0.05) is 23.7 Å². The van der Waals surface area contributed by atoms with E-state index in [0.29, 0.717) is 0 Å². The lowest BCUT2D eigenvalue weighted by Gasteiger charge is -2.37. The Balaban J connectivity index is 1.97. The van der Waals surface area contributed by atoms with Gasteiger partial charge < -0.3 is 4.90 Å². The molecule has 2 heterocycles. The van der Waals surface area contributed by atoms with Gasteiger partial charge in [0.05, 0.1) is 10.7 Å². The molecule has 0 aliphatic carbocycles. The Morgan fingerprint density at radius 2 is 1.67 bits per heavy atom. The Labute approximate surface area is 96.0 Å². The highest BCUT2D eigenvalue weighted by Crippen LogP contribution is 2.41. The molecule has 2 aliphatic rings. The molecule has 2 heteroatoms. The average molecular weight is 222 g/mol. The fourth-order valence-corrected chi connectivity index (χ4v) is 3.40. The van der Waals surface area contributed by atoms with E-state index in [1.165, 1.54) is 37.8 Å². The first-order chi connectivity index (χ1) is 7.36. The molecule has 1 nitrogen and oxygen atoms in total. The molecule has 3 rings (SSSR count). The van der Waals surface area contributed by atoms with Crippen LogP contribution >= 0.6 is 11.6 Å². The minimum Gasteiger partial charge on any atom is -0.364 e. The predicted molar refractivity (Wildman–Crippen MR) is 64.6 cm³/mol. The summed E-state index contributed by atoms with van der Waals surface area (Å²) >= 11 is 6.27. The van der Waals surface area contributed by atoms with Crippen LogP contribution < -0.4 is 4.90 Å². The van der Waals surface area contributed by atoms with Crippen LogP contribution in [0.2, 0.25) is 5.02 Å². The van der Waals surface area contributed by atoms with Gasteiger partial charge >= 0.3 is 0 Å². The van der Waals surface area contributed by atoms with Gasteiger partial charge in [-0.2, -0.15) is 0 Å². The third kappa shape index (κ3) is 1.53. The molecule has 0 spiro atoms. The van der Waals surface area contributed by atoms with Crippen LogP contribution in [0.1, 0.15) is 32.1 Å². The van der Waals surface area contributed by atoms with Crippen molar-refractivity contribution in [2.45, 2.75) is 44.2 Å². The summed E-state index contributed by atoms with van der Waals surface area (Å²) in [6, 6.07) is 9.78. The lowest BCUT2D eigenvalue weighted by atomic mass is 10.0. The second-order valence-electron chi connectivity index (χ2n) is 4.67. The van der Waals surface area contributed by atoms with Gasteiger partial charge in [-0.05, 0) is 44.2 Å². The average Bonchev–Trinajstić information content (AvgIpc) is 2.50. The zero-order valence-corrected chi connectivity index (χ0v) is 9.58. The highest BCUT2D eigenvalue weighted by Gasteiger charge is 2.36. The molecule has 2 fully saturated rings.